The van der Waals surface area contributed by atoms with Gasteiger partial charge in [-0.3, -0.25) is 0 Å². The molecule has 0 radical (unpaired) electrons. The molecule has 0 aromatic rings. The summed E-state index contributed by atoms with van der Waals surface area (Å²) in [5, 5.41) is 3.50. The lowest BCUT2D eigenvalue weighted by Gasteiger charge is -2.43. The summed E-state index contributed by atoms with van der Waals surface area (Å²) in [7, 11) is 2.10. The number of piperidine rings is 1. The van der Waals surface area contributed by atoms with E-state index in [1.807, 2.05) is 0 Å². The second-order valence-corrected chi connectivity index (χ2v) is 7.22. The molecule has 1 N–H and O–H groups in total. The first-order chi connectivity index (χ1) is 8.37. The first kappa shape index (κ1) is 16.0. The van der Waals surface area contributed by atoms with E-state index in [9.17, 15) is 0 Å². The zero-order valence-electron chi connectivity index (χ0n) is 13.5. The second kappa shape index (κ2) is 6.38. The SMILES string of the molecule is CCC1(CC)CCN(CC(NC)C(C)(C)C)CC1. The molecule has 1 heterocycles. The highest BCUT2D eigenvalue weighted by Gasteiger charge is 2.33. The van der Waals surface area contributed by atoms with Gasteiger partial charge in [0.25, 0.3) is 0 Å². The number of hydrogen-bond acceptors (Lipinski definition) is 2. The van der Waals surface area contributed by atoms with Gasteiger partial charge in [-0.25, -0.2) is 0 Å². The maximum Gasteiger partial charge on any atom is 0.0240 e. The smallest absolute Gasteiger partial charge is 0.0240 e. The van der Waals surface area contributed by atoms with Crippen molar-refractivity contribution < 1.29 is 0 Å². The highest BCUT2D eigenvalue weighted by molar-refractivity contribution is 4.88. The topological polar surface area (TPSA) is 15.3 Å². The number of likely N-dealkylation sites (tertiary alicyclic amines) is 1. The maximum absolute atomic E-state index is 3.50. The molecule has 1 atom stereocenters. The van der Waals surface area contributed by atoms with E-state index < -0.39 is 0 Å². The first-order valence-electron chi connectivity index (χ1n) is 7.76. The van der Waals surface area contributed by atoms with Gasteiger partial charge in [-0.05, 0) is 43.8 Å². The van der Waals surface area contributed by atoms with Gasteiger partial charge in [-0.2, -0.15) is 0 Å². The standard InChI is InChI=1S/C16H34N2/c1-7-16(8-2)9-11-18(12-10-16)13-14(17-6)15(3,4)5/h14,17H,7-13H2,1-6H3. The van der Waals surface area contributed by atoms with Crippen LogP contribution in [0.5, 0.6) is 0 Å². The maximum atomic E-state index is 3.50. The molecule has 2 heteroatoms. The van der Waals surface area contributed by atoms with E-state index in [1.54, 1.807) is 0 Å². The summed E-state index contributed by atoms with van der Waals surface area (Å²) in [5.41, 5.74) is 0.992. The Morgan fingerprint density at radius 1 is 1.11 bits per heavy atom. The van der Waals surface area contributed by atoms with Gasteiger partial charge in [0.05, 0.1) is 0 Å². The van der Waals surface area contributed by atoms with Gasteiger partial charge in [0.15, 0.2) is 0 Å². The quantitative estimate of drug-likeness (QED) is 0.807. The third kappa shape index (κ3) is 3.96. The van der Waals surface area contributed by atoms with Gasteiger partial charge in [-0.15, -0.1) is 0 Å². The third-order valence-electron chi connectivity index (χ3n) is 5.25. The van der Waals surface area contributed by atoms with Crippen molar-refractivity contribution in [2.24, 2.45) is 10.8 Å². The summed E-state index contributed by atoms with van der Waals surface area (Å²) in [5.74, 6) is 0. The van der Waals surface area contributed by atoms with Gasteiger partial charge in [0.2, 0.25) is 0 Å². The lowest BCUT2D eigenvalue weighted by molar-refractivity contribution is 0.0763. The van der Waals surface area contributed by atoms with Crippen LogP contribution in [0.2, 0.25) is 0 Å². The van der Waals surface area contributed by atoms with E-state index >= 15 is 0 Å². The summed E-state index contributed by atoms with van der Waals surface area (Å²) < 4.78 is 0. The summed E-state index contributed by atoms with van der Waals surface area (Å²) in [4.78, 5) is 2.66. The zero-order chi connectivity index (χ0) is 13.8. The fraction of sp³-hybridized carbons (Fsp3) is 1.00. The second-order valence-electron chi connectivity index (χ2n) is 7.22. The Balaban J connectivity index is 2.48. The predicted octanol–water partition coefficient (Wildman–Crippen LogP) is 3.52. The van der Waals surface area contributed by atoms with Crippen molar-refractivity contribution in [2.45, 2.75) is 66.3 Å². The minimum Gasteiger partial charge on any atom is -0.315 e. The van der Waals surface area contributed by atoms with Crippen LogP contribution in [0.25, 0.3) is 0 Å². The summed E-state index contributed by atoms with van der Waals surface area (Å²) in [6.07, 6.45) is 5.49. The van der Waals surface area contributed by atoms with Crippen LogP contribution < -0.4 is 5.32 Å². The van der Waals surface area contributed by atoms with E-state index in [0.29, 0.717) is 16.9 Å². The molecular weight excluding hydrogens is 220 g/mol. The Hall–Kier alpha value is -0.0800. The fourth-order valence-electron chi connectivity index (χ4n) is 3.22. The molecule has 0 amide bonds. The molecule has 1 aliphatic heterocycles. The van der Waals surface area contributed by atoms with Crippen LogP contribution in [0.1, 0.15) is 60.3 Å². The predicted molar refractivity (Wildman–Crippen MR) is 81.0 cm³/mol. The van der Waals surface area contributed by atoms with Crippen LogP contribution in [-0.4, -0.2) is 37.6 Å². The van der Waals surface area contributed by atoms with Gasteiger partial charge >= 0.3 is 0 Å². The summed E-state index contributed by atoms with van der Waals surface area (Å²) in [6.45, 7) is 15.5. The molecule has 0 aromatic carbocycles. The van der Waals surface area contributed by atoms with Crippen LogP contribution >= 0.6 is 0 Å². The average Bonchev–Trinajstić information content (AvgIpc) is 2.35. The Morgan fingerprint density at radius 2 is 1.61 bits per heavy atom. The largest absolute Gasteiger partial charge is 0.315 e. The van der Waals surface area contributed by atoms with Crippen LogP contribution in [0.4, 0.5) is 0 Å². The van der Waals surface area contributed by atoms with Crippen molar-refractivity contribution in [1.29, 1.82) is 0 Å². The van der Waals surface area contributed by atoms with E-state index in [2.05, 4.69) is 51.9 Å². The highest BCUT2D eigenvalue weighted by Crippen LogP contribution is 2.38. The number of hydrogen-bond donors (Lipinski definition) is 1. The Morgan fingerprint density at radius 3 is 1.94 bits per heavy atom. The molecule has 0 aromatic heterocycles. The molecule has 108 valence electrons. The molecule has 1 aliphatic rings. The lowest BCUT2D eigenvalue weighted by Crippen LogP contribution is -2.50. The van der Waals surface area contributed by atoms with Crippen molar-refractivity contribution in [3.05, 3.63) is 0 Å². The third-order valence-corrected chi connectivity index (χ3v) is 5.25. The fourth-order valence-corrected chi connectivity index (χ4v) is 3.22. The molecule has 2 nitrogen and oxygen atoms in total. The number of likely N-dealkylation sites (N-methyl/N-ethyl adjacent to an activating group) is 1. The van der Waals surface area contributed by atoms with E-state index in [4.69, 9.17) is 0 Å². The highest BCUT2D eigenvalue weighted by atomic mass is 15.2. The van der Waals surface area contributed by atoms with E-state index in [-0.39, 0.29) is 0 Å². The van der Waals surface area contributed by atoms with Crippen molar-refractivity contribution in [1.82, 2.24) is 10.2 Å². The molecule has 18 heavy (non-hydrogen) atoms. The molecule has 1 unspecified atom stereocenters. The summed E-state index contributed by atoms with van der Waals surface area (Å²) in [6, 6.07) is 0.591. The van der Waals surface area contributed by atoms with Crippen LogP contribution in [0.15, 0.2) is 0 Å². The Labute approximate surface area is 115 Å². The van der Waals surface area contributed by atoms with Crippen LogP contribution in [0.3, 0.4) is 0 Å². The monoisotopic (exact) mass is 254 g/mol. The minimum atomic E-state index is 0.346. The van der Waals surface area contributed by atoms with E-state index in [1.165, 1.54) is 45.3 Å². The van der Waals surface area contributed by atoms with Gasteiger partial charge < -0.3 is 10.2 Å². The number of nitrogens with zero attached hydrogens (tertiary/aromatic N) is 1. The van der Waals surface area contributed by atoms with Crippen LogP contribution in [0, 0.1) is 10.8 Å². The van der Waals surface area contributed by atoms with Gasteiger partial charge in [0, 0.05) is 12.6 Å². The van der Waals surface area contributed by atoms with Crippen molar-refractivity contribution in [3.8, 4) is 0 Å². The number of rotatable bonds is 5. The Kier molecular flexibility index (Phi) is 5.67. The molecule has 0 saturated carbocycles. The molecule has 0 spiro atoms. The molecule has 0 aliphatic carbocycles. The van der Waals surface area contributed by atoms with Gasteiger partial charge in [0.1, 0.15) is 0 Å². The summed E-state index contributed by atoms with van der Waals surface area (Å²) >= 11 is 0. The molecule has 0 bridgehead atoms. The van der Waals surface area contributed by atoms with Crippen molar-refractivity contribution >= 4 is 0 Å². The van der Waals surface area contributed by atoms with Gasteiger partial charge in [-0.1, -0.05) is 47.5 Å². The van der Waals surface area contributed by atoms with E-state index in [0.717, 1.165) is 0 Å². The van der Waals surface area contributed by atoms with Crippen molar-refractivity contribution in [2.75, 3.05) is 26.7 Å². The Bertz CT molecular complexity index is 228. The normalized spacial score (nSPS) is 23.0. The van der Waals surface area contributed by atoms with Crippen molar-refractivity contribution in [3.63, 3.8) is 0 Å². The van der Waals surface area contributed by atoms with Crippen LogP contribution in [-0.2, 0) is 0 Å². The molecular formula is C16H34N2. The zero-order valence-corrected chi connectivity index (χ0v) is 13.5. The first-order valence-corrected chi connectivity index (χ1v) is 7.76. The average molecular weight is 254 g/mol. The number of nitrogens with one attached hydrogen (secondary N) is 1. The minimum absolute atomic E-state index is 0.346. The molecule has 1 saturated heterocycles. The lowest BCUT2D eigenvalue weighted by atomic mass is 9.74. The molecule has 1 fully saturated rings. The molecule has 1 rings (SSSR count).